The molecule has 6 heteroatoms. The van der Waals surface area contributed by atoms with Gasteiger partial charge in [0, 0.05) is 13.1 Å². The van der Waals surface area contributed by atoms with E-state index in [0.717, 1.165) is 0 Å². The molecule has 0 amide bonds. The van der Waals surface area contributed by atoms with Crippen LogP contribution >= 0.6 is 12.4 Å². The minimum absolute atomic E-state index is 0. The SMILES string of the molecule is Cl.O=C(O)C(F)C1(O)CNC1. The summed E-state index contributed by atoms with van der Waals surface area (Å²) in [5.41, 5.74) is -1.67. The van der Waals surface area contributed by atoms with E-state index < -0.39 is 17.7 Å². The highest BCUT2D eigenvalue weighted by Gasteiger charge is 2.47. The molecule has 0 aromatic rings. The molecule has 1 saturated heterocycles. The van der Waals surface area contributed by atoms with Gasteiger partial charge in [-0.15, -0.1) is 12.4 Å². The highest BCUT2D eigenvalue weighted by Crippen LogP contribution is 2.18. The van der Waals surface area contributed by atoms with Gasteiger partial charge in [-0.1, -0.05) is 0 Å². The van der Waals surface area contributed by atoms with Crippen LogP contribution in [-0.2, 0) is 4.79 Å². The highest BCUT2D eigenvalue weighted by molar-refractivity contribution is 5.85. The number of nitrogens with one attached hydrogen (secondary N) is 1. The van der Waals surface area contributed by atoms with Gasteiger partial charge >= 0.3 is 5.97 Å². The largest absolute Gasteiger partial charge is 0.479 e. The van der Waals surface area contributed by atoms with Crippen molar-refractivity contribution >= 4 is 18.4 Å². The van der Waals surface area contributed by atoms with E-state index in [0.29, 0.717) is 0 Å². The van der Waals surface area contributed by atoms with Crippen molar-refractivity contribution in [3.05, 3.63) is 0 Å². The summed E-state index contributed by atoms with van der Waals surface area (Å²) in [5.74, 6) is -1.61. The van der Waals surface area contributed by atoms with Gasteiger partial charge in [0.2, 0.25) is 6.17 Å². The number of carboxylic acids is 1. The number of aliphatic carboxylic acids is 1. The third-order valence-corrected chi connectivity index (χ3v) is 1.55. The Bertz CT molecular complexity index is 162. The molecular formula is C5H9ClFNO3. The lowest BCUT2D eigenvalue weighted by atomic mass is 9.91. The highest BCUT2D eigenvalue weighted by atomic mass is 35.5. The zero-order valence-corrected chi connectivity index (χ0v) is 6.40. The van der Waals surface area contributed by atoms with Gasteiger partial charge < -0.3 is 15.5 Å². The van der Waals surface area contributed by atoms with E-state index in [2.05, 4.69) is 5.32 Å². The van der Waals surface area contributed by atoms with Gasteiger partial charge in [0.05, 0.1) is 0 Å². The van der Waals surface area contributed by atoms with Crippen molar-refractivity contribution in [2.24, 2.45) is 0 Å². The molecule has 3 N–H and O–H groups in total. The fraction of sp³-hybridized carbons (Fsp3) is 0.800. The van der Waals surface area contributed by atoms with Gasteiger partial charge in [-0.2, -0.15) is 0 Å². The number of hydrogen-bond acceptors (Lipinski definition) is 3. The van der Waals surface area contributed by atoms with Crippen LogP contribution in [0.15, 0.2) is 0 Å². The second-order valence-corrected chi connectivity index (χ2v) is 2.41. The predicted molar refractivity (Wildman–Crippen MR) is 37.6 cm³/mol. The number of carboxylic acid groups (broad SMARTS) is 1. The Labute approximate surface area is 68.8 Å². The summed E-state index contributed by atoms with van der Waals surface area (Å²) < 4.78 is 12.5. The molecule has 0 saturated carbocycles. The molecule has 1 rings (SSSR count). The molecule has 1 atom stereocenters. The molecule has 4 nitrogen and oxygen atoms in total. The Hall–Kier alpha value is -0.390. The van der Waals surface area contributed by atoms with E-state index in [1.807, 2.05) is 0 Å². The van der Waals surface area contributed by atoms with Gasteiger partial charge in [0.25, 0.3) is 0 Å². The maximum Gasteiger partial charge on any atom is 0.341 e. The molecular weight excluding hydrogens is 177 g/mol. The lowest BCUT2D eigenvalue weighted by Crippen LogP contribution is -2.66. The first kappa shape index (κ1) is 10.6. The van der Waals surface area contributed by atoms with Crippen molar-refractivity contribution in [1.82, 2.24) is 5.32 Å². The molecule has 0 aromatic heterocycles. The molecule has 1 fully saturated rings. The van der Waals surface area contributed by atoms with Crippen molar-refractivity contribution in [3.63, 3.8) is 0 Å². The molecule has 11 heavy (non-hydrogen) atoms. The number of aliphatic hydroxyl groups is 1. The molecule has 66 valence electrons. The van der Waals surface area contributed by atoms with Gasteiger partial charge in [0.15, 0.2) is 0 Å². The van der Waals surface area contributed by atoms with Crippen molar-refractivity contribution in [3.8, 4) is 0 Å². The summed E-state index contributed by atoms with van der Waals surface area (Å²) in [4.78, 5) is 9.98. The summed E-state index contributed by atoms with van der Waals surface area (Å²) in [5, 5.41) is 19.7. The van der Waals surface area contributed by atoms with Gasteiger partial charge in [-0.3, -0.25) is 0 Å². The molecule has 0 bridgehead atoms. The van der Waals surface area contributed by atoms with Crippen LogP contribution in [0.3, 0.4) is 0 Å². The van der Waals surface area contributed by atoms with Gasteiger partial charge in [0.1, 0.15) is 5.60 Å². The Morgan fingerprint density at radius 1 is 1.64 bits per heavy atom. The molecule has 1 heterocycles. The fourth-order valence-electron chi connectivity index (χ4n) is 0.790. The van der Waals surface area contributed by atoms with Crippen LogP contribution in [0, 0.1) is 0 Å². The number of β-amino-alcohol motifs (C(OH)–C–C–N with tert-alkyl or cyclic N) is 1. The number of hydrogen-bond donors (Lipinski definition) is 3. The number of halogens is 2. The van der Waals surface area contributed by atoms with Crippen molar-refractivity contribution in [1.29, 1.82) is 0 Å². The summed E-state index contributed by atoms with van der Waals surface area (Å²) in [7, 11) is 0. The normalized spacial score (nSPS) is 22.7. The Morgan fingerprint density at radius 3 is 2.18 bits per heavy atom. The minimum Gasteiger partial charge on any atom is -0.479 e. The van der Waals surface area contributed by atoms with E-state index in [1.165, 1.54) is 0 Å². The zero-order chi connectivity index (χ0) is 7.78. The van der Waals surface area contributed by atoms with Crippen molar-refractivity contribution in [2.45, 2.75) is 11.8 Å². The van der Waals surface area contributed by atoms with Crippen molar-refractivity contribution in [2.75, 3.05) is 13.1 Å². The maximum absolute atomic E-state index is 12.5. The third-order valence-electron chi connectivity index (χ3n) is 1.55. The molecule has 1 aliphatic rings. The van der Waals surface area contributed by atoms with E-state index in [1.54, 1.807) is 0 Å². The van der Waals surface area contributed by atoms with Crippen LogP contribution in [0.5, 0.6) is 0 Å². The first-order chi connectivity index (χ1) is 4.56. The zero-order valence-electron chi connectivity index (χ0n) is 5.58. The van der Waals surface area contributed by atoms with Crippen LogP contribution in [0.1, 0.15) is 0 Å². The molecule has 1 unspecified atom stereocenters. The second-order valence-electron chi connectivity index (χ2n) is 2.41. The summed E-state index contributed by atoms with van der Waals surface area (Å²) >= 11 is 0. The Morgan fingerprint density at radius 2 is 2.09 bits per heavy atom. The van der Waals surface area contributed by atoms with E-state index in [4.69, 9.17) is 10.2 Å². The Balaban J connectivity index is 0.000001000. The molecule has 0 spiro atoms. The standard InChI is InChI=1S/C5H8FNO3.ClH/c6-3(4(8)9)5(10)1-7-2-5;/h3,7,10H,1-2H2,(H,8,9);1H. The quantitative estimate of drug-likeness (QED) is 0.525. The number of alkyl halides is 1. The van der Waals surface area contributed by atoms with Crippen LogP contribution in [0.25, 0.3) is 0 Å². The smallest absolute Gasteiger partial charge is 0.341 e. The third kappa shape index (κ3) is 1.79. The monoisotopic (exact) mass is 185 g/mol. The molecule has 0 aliphatic carbocycles. The summed E-state index contributed by atoms with van der Waals surface area (Å²) in [6.07, 6.45) is -2.17. The first-order valence-electron chi connectivity index (χ1n) is 2.86. The lowest BCUT2D eigenvalue weighted by Gasteiger charge is -2.38. The van der Waals surface area contributed by atoms with Gasteiger partial charge in [-0.05, 0) is 0 Å². The van der Waals surface area contributed by atoms with E-state index >= 15 is 0 Å². The number of rotatable bonds is 2. The summed E-state index contributed by atoms with van der Waals surface area (Å²) in [6.45, 7) is 0.0287. The van der Waals surface area contributed by atoms with Crippen LogP contribution in [0.2, 0.25) is 0 Å². The summed E-state index contributed by atoms with van der Waals surface area (Å²) in [6, 6.07) is 0. The topological polar surface area (TPSA) is 69.6 Å². The fourth-order valence-corrected chi connectivity index (χ4v) is 0.790. The molecule has 0 aromatic carbocycles. The second kappa shape index (κ2) is 3.34. The van der Waals surface area contributed by atoms with E-state index in [-0.39, 0.29) is 25.5 Å². The first-order valence-corrected chi connectivity index (χ1v) is 2.86. The number of carbonyl (C=O) groups is 1. The predicted octanol–water partition coefficient (Wildman–Crippen LogP) is -0.835. The maximum atomic E-state index is 12.5. The van der Waals surface area contributed by atoms with Crippen LogP contribution in [0.4, 0.5) is 4.39 Å². The molecule has 0 radical (unpaired) electrons. The van der Waals surface area contributed by atoms with Gasteiger partial charge in [-0.25, -0.2) is 9.18 Å². The van der Waals surface area contributed by atoms with E-state index in [9.17, 15) is 9.18 Å². The average molecular weight is 186 g/mol. The van der Waals surface area contributed by atoms with Crippen molar-refractivity contribution < 1.29 is 19.4 Å². The van der Waals surface area contributed by atoms with Crippen LogP contribution < -0.4 is 5.32 Å². The Kier molecular flexibility index (Phi) is 3.22. The minimum atomic E-state index is -2.17. The van der Waals surface area contributed by atoms with Crippen LogP contribution in [-0.4, -0.2) is 41.0 Å². The average Bonchev–Trinajstić information content (AvgIpc) is 1.81. The molecule has 1 aliphatic heterocycles. The lowest BCUT2D eigenvalue weighted by molar-refractivity contribution is -0.158.